The van der Waals surface area contributed by atoms with Gasteiger partial charge in [-0.05, 0) is 38.4 Å². The molecule has 0 saturated carbocycles. The molecule has 6 nitrogen and oxygen atoms in total. The summed E-state index contributed by atoms with van der Waals surface area (Å²) in [6, 6.07) is 8.18. The van der Waals surface area contributed by atoms with Gasteiger partial charge in [-0.3, -0.25) is 14.7 Å². The van der Waals surface area contributed by atoms with E-state index in [1.807, 2.05) is 24.0 Å². The summed E-state index contributed by atoms with van der Waals surface area (Å²) < 4.78 is 37.7. The summed E-state index contributed by atoms with van der Waals surface area (Å²) in [5.74, 6) is 1.21. The fourth-order valence-electron chi connectivity index (χ4n) is 4.30. The topological polar surface area (TPSA) is 51.2 Å². The van der Waals surface area contributed by atoms with E-state index in [-0.39, 0.29) is 48.9 Å². The highest BCUT2D eigenvalue weighted by Crippen LogP contribution is 2.38. The lowest BCUT2D eigenvalue weighted by Crippen LogP contribution is -2.42. The molecule has 0 aliphatic carbocycles. The van der Waals surface area contributed by atoms with E-state index >= 15 is 0 Å². The third-order valence-corrected chi connectivity index (χ3v) is 5.77. The van der Waals surface area contributed by atoms with Crippen LogP contribution in [0.15, 0.2) is 29.3 Å². The number of amides is 1. The molecule has 180 valence electrons. The zero-order valence-electron chi connectivity index (χ0n) is 18.7. The monoisotopic (exact) mass is 567 g/mol. The highest BCUT2D eigenvalue weighted by Gasteiger charge is 2.32. The molecule has 0 radical (unpaired) electrons. The summed E-state index contributed by atoms with van der Waals surface area (Å²) in [4.78, 5) is 21.9. The second-order valence-corrected chi connectivity index (χ2v) is 8.23. The number of anilines is 1. The number of aliphatic imine (C=N–C) groups is 1. The molecule has 1 unspecified atom stereocenters. The minimum Gasteiger partial charge on any atom is -0.356 e. The molecule has 3 rings (SSSR count). The van der Waals surface area contributed by atoms with Crippen molar-refractivity contribution >= 4 is 41.5 Å². The van der Waals surface area contributed by atoms with Crippen molar-refractivity contribution in [3.05, 3.63) is 29.8 Å². The van der Waals surface area contributed by atoms with Crippen molar-refractivity contribution in [2.45, 2.75) is 38.3 Å². The molecule has 2 aliphatic heterocycles. The maximum absolute atomic E-state index is 12.6. The number of guanidine groups is 1. The Balaban J connectivity index is 0.00000363. The van der Waals surface area contributed by atoms with Gasteiger partial charge in [-0.15, -0.1) is 24.0 Å². The second kappa shape index (κ2) is 12.1. The maximum atomic E-state index is 12.6. The number of halogens is 4. The van der Waals surface area contributed by atoms with Crippen LogP contribution < -0.4 is 10.2 Å². The Bertz CT molecular complexity index is 789. The van der Waals surface area contributed by atoms with Crippen LogP contribution >= 0.6 is 24.0 Å². The van der Waals surface area contributed by atoms with E-state index in [1.165, 1.54) is 17.5 Å². The van der Waals surface area contributed by atoms with Crippen molar-refractivity contribution in [2.24, 2.45) is 4.99 Å². The van der Waals surface area contributed by atoms with Crippen LogP contribution in [-0.2, 0) is 4.79 Å². The quantitative estimate of drug-likeness (QED) is 0.296. The average Bonchev–Trinajstić information content (AvgIpc) is 3.28. The van der Waals surface area contributed by atoms with Crippen molar-refractivity contribution in [1.82, 2.24) is 15.1 Å². The number of benzene rings is 1. The Morgan fingerprint density at radius 3 is 2.72 bits per heavy atom. The minimum absolute atomic E-state index is 0. The molecule has 1 saturated heterocycles. The molecule has 1 N–H and O–H groups in total. The summed E-state index contributed by atoms with van der Waals surface area (Å²) >= 11 is 0. The van der Waals surface area contributed by atoms with Gasteiger partial charge in [-0.1, -0.05) is 18.2 Å². The summed E-state index contributed by atoms with van der Waals surface area (Å²) in [6.45, 7) is 4.54. The number of fused-ring (bicyclic) bond motifs is 1. The number of alkyl halides is 3. The Labute approximate surface area is 205 Å². The number of nitrogens with one attached hydrogen (secondary N) is 1. The van der Waals surface area contributed by atoms with Gasteiger partial charge in [0.15, 0.2) is 5.96 Å². The van der Waals surface area contributed by atoms with Crippen LogP contribution in [0.25, 0.3) is 0 Å². The number of hydrogen-bond donors (Lipinski definition) is 1. The van der Waals surface area contributed by atoms with Crippen LogP contribution in [0.4, 0.5) is 18.9 Å². The zero-order chi connectivity index (χ0) is 22.4. The first-order valence-corrected chi connectivity index (χ1v) is 11.0. The first kappa shape index (κ1) is 26.7. The first-order chi connectivity index (χ1) is 14.8. The van der Waals surface area contributed by atoms with Crippen LogP contribution in [-0.4, -0.2) is 80.7 Å². The summed E-state index contributed by atoms with van der Waals surface area (Å²) in [5, 5.41) is 3.28. The zero-order valence-corrected chi connectivity index (χ0v) is 21.0. The Hall–Kier alpha value is -1.56. The Morgan fingerprint density at radius 1 is 1.31 bits per heavy atom. The number of rotatable bonds is 8. The maximum Gasteiger partial charge on any atom is 0.401 e. The van der Waals surface area contributed by atoms with Gasteiger partial charge in [0.1, 0.15) is 0 Å². The normalized spacial score (nSPS) is 18.9. The molecule has 1 atom stereocenters. The molecule has 1 aromatic carbocycles. The lowest BCUT2D eigenvalue weighted by Gasteiger charge is -2.24. The Kier molecular flexibility index (Phi) is 10.1. The van der Waals surface area contributed by atoms with Gasteiger partial charge in [0.2, 0.25) is 5.91 Å². The van der Waals surface area contributed by atoms with Gasteiger partial charge >= 0.3 is 6.18 Å². The van der Waals surface area contributed by atoms with Crippen LogP contribution in [0.3, 0.4) is 0 Å². The fraction of sp³-hybridized carbons (Fsp3) is 0.636. The van der Waals surface area contributed by atoms with Crippen molar-refractivity contribution in [2.75, 3.05) is 57.8 Å². The summed E-state index contributed by atoms with van der Waals surface area (Å²) in [6.07, 6.45) is -1.74. The third-order valence-electron chi connectivity index (χ3n) is 5.77. The predicted octanol–water partition coefficient (Wildman–Crippen LogP) is 3.68. The molecule has 2 aliphatic rings. The number of likely N-dealkylation sites (N-methyl/N-ethyl adjacent to an activating group) is 1. The molecule has 0 spiro atoms. The number of carbonyl (C=O) groups excluding carboxylic acids is 1. The molecule has 2 heterocycles. The summed E-state index contributed by atoms with van der Waals surface area (Å²) in [7, 11) is 1.46. The molecule has 1 fully saturated rings. The lowest BCUT2D eigenvalue weighted by molar-refractivity contribution is -0.142. The van der Waals surface area contributed by atoms with Crippen LogP contribution in [0.5, 0.6) is 0 Å². The van der Waals surface area contributed by atoms with Crippen molar-refractivity contribution < 1.29 is 18.0 Å². The third kappa shape index (κ3) is 7.23. The van der Waals surface area contributed by atoms with Crippen molar-refractivity contribution in [3.8, 4) is 0 Å². The highest BCUT2D eigenvalue weighted by molar-refractivity contribution is 14.0. The van der Waals surface area contributed by atoms with E-state index in [2.05, 4.69) is 27.3 Å². The van der Waals surface area contributed by atoms with E-state index < -0.39 is 12.7 Å². The second-order valence-electron chi connectivity index (χ2n) is 8.23. The fourth-order valence-corrected chi connectivity index (χ4v) is 4.30. The standard InChI is InChI=1S/C22H32F3N5O.HI/c1-3-26-21(27-11-14-28(2)16-22(23,24)25)30-15-17(18-7-4-5-8-19(18)30)10-13-29-12-6-9-20(29)31;/h4-5,7-8,17H,3,6,9-16H2,1-2H3,(H,26,27);1H. The predicted molar refractivity (Wildman–Crippen MR) is 132 cm³/mol. The molecule has 0 bridgehead atoms. The van der Waals surface area contributed by atoms with E-state index in [0.29, 0.717) is 18.9 Å². The van der Waals surface area contributed by atoms with Gasteiger partial charge in [0.25, 0.3) is 0 Å². The Morgan fingerprint density at radius 2 is 2.06 bits per heavy atom. The van der Waals surface area contributed by atoms with Gasteiger partial charge in [-0.2, -0.15) is 13.2 Å². The average molecular weight is 567 g/mol. The molecule has 1 aromatic rings. The van der Waals surface area contributed by atoms with Crippen LogP contribution in [0.2, 0.25) is 0 Å². The largest absolute Gasteiger partial charge is 0.401 e. The van der Waals surface area contributed by atoms with E-state index in [0.717, 1.165) is 38.2 Å². The highest BCUT2D eigenvalue weighted by atomic mass is 127. The number of para-hydroxylation sites is 1. The van der Waals surface area contributed by atoms with Gasteiger partial charge in [-0.25, -0.2) is 0 Å². The van der Waals surface area contributed by atoms with Crippen molar-refractivity contribution in [1.29, 1.82) is 0 Å². The SMILES string of the molecule is CCNC(=NCCN(C)CC(F)(F)F)N1CC(CCN2CCCC2=O)c2ccccc21.I. The minimum atomic E-state index is -4.21. The number of carbonyl (C=O) groups is 1. The van der Waals surface area contributed by atoms with Crippen LogP contribution in [0.1, 0.15) is 37.7 Å². The van der Waals surface area contributed by atoms with Gasteiger partial charge < -0.3 is 15.1 Å². The van der Waals surface area contributed by atoms with E-state index in [9.17, 15) is 18.0 Å². The lowest BCUT2D eigenvalue weighted by atomic mass is 9.98. The number of hydrogen-bond acceptors (Lipinski definition) is 3. The molecular weight excluding hydrogens is 534 g/mol. The molecule has 0 aromatic heterocycles. The molecule has 10 heteroatoms. The van der Waals surface area contributed by atoms with E-state index in [4.69, 9.17) is 0 Å². The number of likely N-dealkylation sites (tertiary alicyclic amines) is 1. The molecular formula is C22H33F3IN5O. The van der Waals surface area contributed by atoms with Crippen molar-refractivity contribution in [3.63, 3.8) is 0 Å². The smallest absolute Gasteiger partial charge is 0.356 e. The number of nitrogens with zero attached hydrogens (tertiary/aromatic N) is 4. The summed E-state index contributed by atoms with van der Waals surface area (Å²) in [5.41, 5.74) is 2.30. The van der Waals surface area contributed by atoms with Gasteiger partial charge in [0.05, 0.1) is 13.1 Å². The van der Waals surface area contributed by atoms with Crippen LogP contribution in [0, 0.1) is 0 Å². The first-order valence-electron chi connectivity index (χ1n) is 11.0. The van der Waals surface area contributed by atoms with E-state index in [1.54, 1.807) is 0 Å². The molecule has 32 heavy (non-hydrogen) atoms. The van der Waals surface area contributed by atoms with Gasteiger partial charge in [0, 0.05) is 50.7 Å². The molecule has 1 amide bonds.